The minimum atomic E-state index is 0.466. The second-order valence-electron chi connectivity index (χ2n) is 6.22. The molecule has 0 bridgehead atoms. The van der Waals surface area contributed by atoms with Crippen LogP contribution in [0.2, 0.25) is 0 Å². The number of nitrogens with one attached hydrogen (secondary N) is 2. The van der Waals surface area contributed by atoms with Gasteiger partial charge in [-0.05, 0) is 42.2 Å². The minimum absolute atomic E-state index is 0.466. The largest absolute Gasteiger partial charge is 0.497 e. The Morgan fingerprint density at radius 2 is 1.92 bits per heavy atom. The summed E-state index contributed by atoms with van der Waals surface area (Å²) in [5.74, 6) is 2.32. The molecular formula is C20H25N3O. The summed E-state index contributed by atoms with van der Waals surface area (Å²) in [4.78, 5) is 4.34. The van der Waals surface area contributed by atoms with Gasteiger partial charge in [0.25, 0.3) is 0 Å². The van der Waals surface area contributed by atoms with Gasteiger partial charge in [0.15, 0.2) is 5.96 Å². The Morgan fingerprint density at radius 3 is 2.58 bits per heavy atom. The van der Waals surface area contributed by atoms with Crippen LogP contribution in [-0.4, -0.2) is 26.2 Å². The lowest BCUT2D eigenvalue weighted by atomic mass is 10.0. The topological polar surface area (TPSA) is 45.7 Å². The van der Waals surface area contributed by atoms with Crippen molar-refractivity contribution in [2.45, 2.75) is 31.8 Å². The van der Waals surface area contributed by atoms with E-state index < -0.39 is 0 Å². The standard InChI is InChI=1S/C20H25N3O/c1-14-6-4-5-7-17(14)18-12-19(18)23-20(21-2)22-13-15-8-10-16(24-3)11-9-15/h4-11,18-19H,12-13H2,1-3H3,(H2,21,22,23). The molecule has 0 spiro atoms. The van der Waals surface area contributed by atoms with Crippen molar-refractivity contribution in [1.29, 1.82) is 0 Å². The first-order valence-corrected chi connectivity index (χ1v) is 8.37. The summed E-state index contributed by atoms with van der Waals surface area (Å²) < 4.78 is 5.18. The number of aliphatic imine (C=N–C) groups is 1. The van der Waals surface area contributed by atoms with Crippen LogP contribution in [0.1, 0.15) is 29.0 Å². The van der Waals surface area contributed by atoms with Gasteiger partial charge in [-0.2, -0.15) is 0 Å². The van der Waals surface area contributed by atoms with E-state index in [-0.39, 0.29) is 0 Å². The van der Waals surface area contributed by atoms with Crippen LogP contribution in [-0.2, 0) is 6.54 Å². The zero-order chi connectivity index (χ0) is 16.9. The van der Waals surface area contributed by atoms with E-state index in [0.29, 0.717) is 12.0 Å². The van der Waals surface area contributed by atoms with Crippen molar-refractivity contribution in [3.8, 4) is 5.75 Å². The van der Waals surface area contributed by atoms with Crippen LogP contribution < -0.4 is 15.4 Å². The van der Waals surface area contributed by atoms with Crippen LogP contribution in [0.5, 0.6) is 5.75 Å². The fourth-order valence-electron chi connectivity index (χ4n) is 3.00. The van der Waals surface area contributed by atoms with E-state index in [0.717, 1.165) is 24.7 Å². The number of ether oxygens (including phenoxy) is 1. The highest BCUT2D eigenvalue weighted by molar-refractivity contribution is 5.80. The fourth-order valence-corrected chi connectivity index (χ4v) is 3.00. The molecule has 1 aliphatic rings. The zero-order valence-corrected chi connectivity index (χ0v) is 14.5. The van der Waals surface area contributed by atoms with E-state index in [4.69, 9.17) is 4.74 Å². The predicted molar refractivity (Wildman–Crippen MR) is 98.7 cm³/mol. The van der Waals surface area contributed by atoms with Crippen LogP contribution in [0.15, 0.2) is 53.5 Å². The monoisotopic (exact) mass is 323 g/mol. The number of aryl methyl sites for hydroxylation is 1. The molecule has 0 radical (unpaired) electrons. The van der Waals surface area contributed by atoms with E-state index >= 15 is 0 Å². The Morgan fingerprint density at radius 1 is 1.17 bits per heavy atom. The molecule has 24 heavy (non-hydrogen) atoms. The summed E-state index contributed by atoms with van der Waals surface area (Å²) in [6.07, 6.45) is 1.16. The first-order valence-electron chi connectivity index (χ1n) is 8.37. The molecular weight excluding hydrogens is 298 g/mol. The summed E-state index contributed by atoms with van der Waals surface area (Å²) in [6, 6.07) is 17.2. The molecule has 0 saturated heterocycles. The third-order valence-corrected chi connectivity index (χ3v) is 4.54. The molecule has 4 nitrogen and oxygen atoms in total. The SMILES string of the molecule is CN=C(NCc1ccc(OC)cc1)NC1CC1c1ccccc1C. The average molecular weight is 323 g/mol. The molecule has 1 fully saturated rings. The molecule has 2 N–H and O–H groups in total. The predicted octanol–water partition coefficient (Wildman–Crippen LogP) is 3.22. The average Bonchev–Trinajstić information content (AvgIpc) is 3.38. The Kier molecular flexibility index (Phi) is 5.04. The molecule has 2 aromatic carbocycles. The molecule has 2 aromatic rings. The summed E-state index contributed by atoms with van der Waals surface area (Å²) in [5, 5.41) is 6.90. The Labute approximate surface area is 144 Å². The maximum atomic E-state index is 5.18. The van der Waals surface area contributed by atoms with Gasteiger partial charge in [0.2, 0.25) is 0 Å². The van der Waals surface area contributed by atoms with Gasteiger partial charge in [-0.15, -0.1) is 0 Å². The summed E-state index contributed by atoms with van der Waals surface area (Å²) in [7, 11) is 3.49. The lowest BCUT2D eigenvalue weighted by Gasteiger charge is -2.13. The molecule has 2 unspecified atom stereocenters. The van der Waals surface area contributed by atoms with E-state index in [1.54, 1.807) is 7.11 Å². The molecule has 0 heterocycles. The smallest absolute Gasteiger partial charge is 0.191 e. The van der Waals surface area contributed by atoms with Crippen LogP contribution in [0.3, 0.4) is 0 Å². The zero-order valence-electron chi connectivity index (χ0n) is 14.5. The fraction of sp³-hybridized carbons (Fsp3) is 0.350. The quantitative estimate of drug-likeness (QED) is 0.656. The van der Waals surface area contributed by atoms with Crippen LogP contribution in [0.25, 0.3) is 0 Å². The van der Waals surface area contributed by atoms with Crippen molar-refractivity contribution in [2.24, 2.45) is 4.99 Å². The second-order valence-corrected chi connectivity index (χ2v) is 6.22. The van der Waals surface area contributed by atoms with Crippen molar-refractivity contribution in [2.75, 3.05) is 14.2 Å². The third kappa shape index (κ3) is 3.88. The number of guanidine groups is 1. The number of rotatable bonds is 5. The van der Waals surface area contributed by atoms with Gasteiger partial charge in [0, 0.05) is 25.6 Å². The van der Waals surface area contributed by atoms with Gasteiger partial charge < -0.3 is 15.4 Å². The number of methoxy groups -OCH3 is 1. The number of hydrogen-bond acceptors (Lipinski definition) is 2. The van der Waals surface area contributed by atoms with Crippen molar-refractivity contribution < 1.29 is 4.74 Å². The number of benzene rings is 2. The van der Waals surface area contributed by atoms with Crippen molar-refractivity contribution in [1.82, 2.24) is 10.6 Å². The van der Waals surface area contributed by atoms with Crippen molar-refractivity contribution in [3.63, 3.8) is 0 Å². The first-order chi connectivity index (χ1) is 11.7. The second kappa shape index (κ2) is 7.39. The Balaban J connectivity index is 1.52. The highest BCUT2D eigenvalue weighted by Gasteiger charge is 2.39. The van der Waals surface area contributed by atoms with Gasteiger partial charge in [-0.25, -0.2) is 0 Å². The van der Waals surface area contributed by atoms with Gasteiger partial charge >= 0.3 is 0 Å². The van der Waals surface area contributed by atoms with Gasteiger partial charge in [0.05, 0.1) is 7.11 Å². The Hall–Kier alpha value is -2.49. The third-order valence-electron chi connectivity index (χ3n) is 4.54. The Bertz CT molecular complexity index is 709. The maximum absolute atomic E-state index is 5.18. The highest BCUT2D eigenvalue weighted by atomic mass is 16.5. The van der Waals surface area contributed by atoms with Crippen molar-refractivity contribution in [3.05, 3.63) is 65.2 Å². The summed E-state index contributed by atoms with van der Waals surface area (Å²) in [5.41, 5.74) is 4.01. The number of nitrogens with zero attached hydrogens (tertiary/aromatic N) is 1. The van der Waals surface area contributed by atoms with Crippen LogP contribution in [0.4, 0.5) is 0 Å². The van der Waals surface area contributed by atoms with Crippen LogP contribution in [0, 0.1) is 6.92 Å². The summed E-state index contributed by atoms with van der Waals surface area (Å²) >= 11 is 0. The molecule has 1 aliphatic carbocycles. The molecule has 0 amide bonds. The molecule has 4 heteroatoms. The van der Waals surface area contributed by atoms with E-state index in [2.05, 4.69) is 58.9 Å². The first kappa shape index (κ1) is 16.4. The van der Waals surface area contributed by atoms with E-state index in [9.17, 15) is 0 Å². The van der Waals surface area contributed by atoms with Gasteiger partial charge in [-0.1, -0.05) is 36.4 Å². The summed E-state index contributed by atoms with van der Waals surface area (Å²) in [6.45, 7) is 2.92. The minimum Gasteiger partial charge on any atom is -0.497 e. The molecule has 2 atom stereocenters. The van der Waals surface area contributed by atoms with Gasteiger partial charge in [-0.3, -0.25) is 4.99 Å². The highest BCUT2D eigenvalue weighted by Crippen LogP contribution is 2.41. The number of hydrogen-bond donors (Lipinski definition) is 2. The van der Waals surface area contributed by atoms with E-state index in [1.165, 1.54) is 16.7 Å². The van der Waals surface area contributed by atoms with E-state index in [1.807, 2.05) is 19.2 Å². The molecule has 3 rings (SSSR count). The molecule has 126 valence electrons. The lowest BCUT2D eigenvalue weighted by molar-refractivity contribution is 0.414. The molecule has 1 saturated carbocycles. The maximum Gasteiger partial charge on any atom is 0.191 e. The lowest BCUT2D eigenvalue weighted by Crippen LogP contribution is -2.38. The molecule has 0 aliphatic heterocycles. The van der Waals surface area contributed by atoms with Crippen molar-refractivity contribution >= 4 is 5.96 Å². The molecule has 0 aromatic heterocycles. The van der Waals surface area contributed by atoms with Gasteiger partial charge in [0.1, 0.15) is 5.75 Å². The normalized spacial score (nSPS) is 19.7. The van der Waals surface area contributed by atoms with Crippen LogP contribution >= 0.6 is 0 Å².